The van der Waals surface area contributed by atoms with E-state index in [0.29, 0.717) is 23.2 Å². The highest BCUT2D eigenvalue weighted by Gasteiger charge is 2.28. The molecule has 2 heterocycles. The molecular formula is C20H24FIN2O6S. The van der Waals surface area contributed by atoms with Gasteiger partial charge in [0.2, 0.25) is 15.9 Å². The number of ether oxygens (including phenoxy) is 1. The van der Waals surface area contributed by atoms with Crippen LogP contribution in [0.3, 0.4) is 0 Å². The normalized spacial score (nSPS) is 13.4. The van der Waals surface area contributed by atoms with Crippen LogP contribution in [0.25, 0.3) is 0 Å². The molecule has 1 aromatic carbocycles. The number of aliphatic hydroxyl groups excluding tert-OH is 2. The van der Waals surface area contributed by atoms with E-state index >= 15 is 0 Å². The number of fused-ring (bicyclic) bond motifs is 1. The molecule has 0 fully saturated rings. The van der Waals surface area contributed by atoms with Gasteiger partial charge in [0.25, 0.3) is 5.56 Å². The van der Waals surface area contributed by atoms with Crippen LogP contribution in [0.15, 0.2) is 23.0 Å². The monoisotopic (exact) mass is 566 g/mol. The second-order valence-electron chi connectivity index (χ2n) is 7.44. The smallest absolute Gasteiger partial charge is 0.256 e. The number of nitrogens with zero attached hydrogens (tertiary/aromatic N) is 1. The molecule has 0 amide bonds. The van der Waals surface area contributed by atoms with Gasteiger partial charge in [-0.05, 0) is 59.2 Å². The minimum absolute atomic E-state index is 0.00872. The van der Waals surface area contributed by atoms with E-state index in [2.05, 4.69) is 4.72 Å². The lowest BCUT2D eigenvalue weighted by atomic mass is 10.00. The minimum atomic E-state index is -3.90. The van der Waals surface area contributed by atoms with E-state index in [1.54, 1.807) is 19.1 Å². The Balaban J connectivity index is 2.03. The summed E-state index contributed by atoms with van der Waals surface area (Å²) in [6.07, 6.45) is 0.0625. The predicted octanol–water partition coefficient (Wildman–Crippen LogP) is 1.62. The van der Waals surface area contributed by atoms with Gasteiger partial charge in [0.15, 0.2) is 0 Å². The van der Waals surface area contributed by atoms with E-state index in [9.17, 15) is 27.8 Å². The Labute approximate surface area is 193 Å². The molecule has 11 heteroatoms. The molecule has 3 rings (SSSR count). The van der Waals surface area contributed by atoms with Crippen LogP contribution in [0.2, 0.25) is 0 Å². The fourth-order valence-corrected chi connectivity index (χ4v) is 5.13. The number of anilines is 1. The number of hydrogen-bond acceptors (Lipinski definition) is 6. The Morgan fingerprint density at radius 3 is 2.68 bits per heavy atom. The van der Waals surface area contributed by atoms with Crippen molar-refractivity contribution in [1.82, 2.24) is 4.57 Å². The van der Waals surface area contributed by atoms with Crippen molar-refractivity contribution in [2.75, 3.05) is 30.3 Å². The molecule has 1 aliphatic heterocycles. The summed E-state index contributed by atoms with van der Waals surface area (Å²) >= 11 is 1.99. The van der Waals surface area contributed by atoms with Crippen molar-refractivity contribution in [3.05, 3.63) is 54.6 Å². The zero-order valence-electron chi connectivity index (χ0n) is 16.9. The SMILES string of the molecule is Cc1c(Cc2ccc(I)cc2F)c(NS(=O)(=O)CCC(CO)CO)c2n(c1=O)CCO2. The number of hydrogen-bond donors (Lipinski definition) is 3. The molecule has 0 bridgehead atoms. The highest BCUT2D eigenvalue weighted by Crippen LogP contribution is 2.35. The van der Waals surface area contributed by atoms with Crippen LogP contribution in [0.4, 0.5) is 10.1 Å². The summed E-state index contributed by atoms with van der Waals surface area (Å²) in [6, 6.07) is 4.71. The molecule has 3 N–H and O–H groups in total. The molecule has 0 aliphatic carbocycles. The summed E-state index contributed by atoms with van der Waals surface area (Å²) in [7, 11) is -3.90. The third-order valence-corrected chi connectivity index (χ3v) is 7.24. The summed E-state index contributed by atoms with van der Waals surface area (Å²) in [6.45, 7) is 1.43. The van der Waals surface area contributed by atoms with Gasteiger partial charge in [0.05, 0.1) is 12.3 Å². The molecule has 8 nitrogen and oxygen atoms in total. The lowest BCUT2D eigenvalue weighted by molar-refractivity contribution is 0.148. The van der Waals surface area contributed by atoms with Gasteiger partial charge in [-0.1, -0.05) is 6.07 Å². The number of pyridine rings is 1. The number of aromatic nitrogens is 1. The van der Waals surface area contributed by atoms with E-state index in [-0.39, 0.29) is 55.5 Å². The number of sulfonamides is 1. The van der Waals surface area contributed by atoms with Gasteiger partial charge in [-0.2, -0.15) is 0 Å². The summed E-state index contributed by atoms with van der Waals surface area (Å²) in [4.78, 5) is 12.8. The summed E-state index contributed by atoms with van der Waals surface area (Å²) < 4.78 is 50.2. The lowest BCUT2D eigenvalue weighted by Crippen LogP contribution is -2.27. The second-order valence-corrected chi connectivity index (χ2v) is 10.5. The maximum absolute atomic E-state index is 14.5. The average molecular weight is 566 g/mol. The third-order valence-electron chi connectivity index (χ3n) is 5.28. The molecule has 170 valence electrons. The van der Waals surface area contributed by atoms with Gasteiger partial charge in [-0.25, -0.2) is 12.8 Å². The van der Waals surface area contributed by atoms with Crippen LogP contribution < -0.4 is 15.0 Å². The van der Waals surface area contributed by atoms with E-state index < -0.39 is 21.8 Å². The molecule has 0 atom stereocenters. The maximum Gasteiger partial charge on any atom is 0.256 e. The molecule has 1 aromatic heterocycles. The van der Waals surface area contributed by atoms with Crippen LogP contribution in [-0.4, -0.2) is 48.8 Å². The molecule has 0 saturated carbocycles. The van der Waals surface area contributed by atoms with Crippen LogP contribution in [0.5, 0.6) is 5.88 Å². The van der Waals surface area contributed by atoms with E-state index in [1.807, 2.05) is 22.6 Å². The van der Waals surface area contributed by atoms with Gasteiger partial charge in [-0.15, -0.1) is 0 Å². The van der Waals surface area contributed by atoms with E-state index in [1.165, 1.54) is 10.6 Å². The minimum Gasteiger partial charge on any atom is -0.475 e. The number of benzene rings is 1. The van der Waals surface area contributed by atoms with Gasteiger partial charge >= 0.3 is 0 Å². The van der Waals surface area contributed by atoms with Crippen LogP contribution in [-0.2, 0) is 23.0 Å². The predicted molar refractivity (Wildman–Crippen MR) is 123 cm³/mol. The average Bonchev–Trinajstić information content (AvgIpc) is 3.21. The number of halogens is 2. The molecule has 1 aliphatic rings. The van der Waals surface area contributed by atoms with Crippen LogP contribution in [0.1, 0.15) is 23.1 Å². The lowest BCUT2D eigenvalue weighted by Gasteiger charge is -2.19. The Hall–Kier alpha value is -1.70. The van der Waals surface area contributed by atoms with Crippen molar-refractivity contribution < 1.29 is 27.8 Å². The maximum atomic E-state index is 14.5. The van der Waals surface area contributed by atoms with Crippen molar-refractivity contribution in [2.24, 2.45) is 5.92 Å². The van der Waals surface area contributed by atoms with E-state index in [4.69, 9.17) is 4.74 Å². The standard InChI is InChI=1S/C20H24FIN2O6S/c1-12-16(8-14-2-3-15(22)9-17(14)21)18(20-24(19(12)27)5-6-30-20)23-31(28,29)7-4-13(10-25)11-26/h2-3,9,13,23,25-26H,4-8,10-11H2,1H3. The van der Waals surface area contributed by atoms with Crippen molar-refractivity contribution in [3.63, 3.8) is 0 Å². The molecule has 0 spiro atoms. The fraction of sp³-hybridized carbons (Fsp3) is 0.450. The quantitative estimate of drug-likeness (QED) is 0.398. The molecule has 0 radical (unpaired) electrons. The van der Waals surface area contributed by atoms with Crippen molar-refractivity contribution in [1.29, 1.82) is 0 Å². The number of rotatable bonds is 9. The molecular weight excluding hydrogens is 542 g/mol. The summed E-state index contributed by atoms with van der Waals surface area (Å²) in [5, 5.41) is 18.4. The molecule has 0 saturated heterocycles. The molecule has 31 heavy (non-hydrogen) atoms. The molecule has 0 unspecified atom stereocenters. The van der Waals surface area contributed by atoms with Crippen molar-refractivity contribution in [2.45, 2.75) is 26.3 Å². The fourth-order valence-electron chi connectivity index (χ4n) is 3.41. The van der Waals surface area contributed by atoms with Gasteiger partial charge < -0.3 is 14.9 Å². The first-order valence-corrected chi connectivity index (χ1v) is 12.4. The Morgan fingerprint density at radius 2 is 2.03 bits per heavy atom. The van der Waals surface area contributed by atoms with Crippen LogP contribution >= 0.6 is 22.6 Å². The van der Waals surface area contributed by atoms with Gasteiger partial charge in [-0.3, -0.25) is 14.1 Å². The second kappa shape index (κ2) is 9.84. The number of nitrogens with one attached hydrogen (secondary N) is 1. The molecule has 2 aromatic rings. The summed E-state index contributed by atoms with van der Waals surface area (Å²) in [5.74, 6) is -1.23. The highest BCUT2D eigenvalue weighted by molar-refractivity contribution is 14.1. The highest BCUT2D eigenvalue weighted by atomic mass is 127. The third kappa shape index (κ3) is 5.38. The topological polar surface area (TPSA) is 118 Å². The van der Waals surface area contributed by atoms with Gasteiger partial charge in [0, 0.05) is 34.7 Å². The van der Waals surface area contributed by atoms with Gasteiger partial charge in [0.1, 0.15) is 18.1 Å². The first-order valence-electron chi connectivity index (χ1n) is 9.72. The zero-order valence-corrected chi connectivity index (χ0v) is 19.9. The zero-order chi connectivity index (χ0) is 22.8. The number of aliphatic hydroxyl groups is 2. The van der Waals surface area contributed by atoms with E-state index in [0.717, 1.165) is 3.57 Å². The Kier molecular flexibility index (Phi) is 7.60. The Morgan fingerprint density at radius 1 is 1.32 bits per heavy atom. The van der Waals surface area contributed by atoms with Crippen molar-refractivity contribution in [3.8, 4) is 5.88 Å². The van der Waals surface area contributed by atoms with Crippen molar-refractivity contribution >= 4 is 38.3 Å². The first kappa shape index (κ1) is 24.0. The Bertz CT molecular complexity index is 1130. The largest absolute Gasteiger partial charge is 0.475 e. The first-order chi connectivity index (χ1) is 14.7. The van der Waals surface area contributed by atoms with Crippen LogP contribution in [0, 0.1) is 22.2 Å². The summed E-state index contributed by atoms with van der Waals surface area (Å²) in [5.41, 5.74) is 0.803.